The largest absolute Gasteiger partial charge is 0.508 e. The Hall–Kier alpha value is -1.65. The van der Waals surface area contributed by atoms with Crippen LogP contribution in [0.3, 0.4) is 0 Å². The highest BCUT2D eigenvalue weighted by atomic mass is 35.5. The summed E-state index contributed by atoms with van der Waals surface area (Å²) in [4.78, 5) is 13.9. The first-order valence-corrected chi connectivity index (χ1v) is 7.56. The van der Waals surface area contributed by atoms with Crippen LogP contribution >= 0.6 is 23.4 Å². The van der Waals surface area contributed by atoms with Crippen molar-refractivity contribution in [1.82, 2.24) is 0 Å². The van der Waals surface area contributed by atoms with Gasteiger partial charge in [-0.2, -0.15) is 0 Å². The Balaban J connectivity index is 1.96. The van der Waals surface area contributed by atoms with Gasteiger partial charge < -0.3 is 5.11 Å². The number of rotatable bonds is 2. The molecule has 0 radical (unpaired) electrons. The van der Waals surface area contributed by atoms with Crippen molar-refractivity contribution in [2.24, 2.45) is 0 Å². The molecule has 1 fully saturated rings. The number of amides is 1. The van der Waals surface area contributed by atoms with Crippen molar-refractivity contribution < 1.29 is 9.90 Å². The minimum atomic E-state index is -0.0516. The lowest BCUT2D eigenvalue weighted by molar-refractivity contribution is -0.115. The van der Waals surface area contributed by atoms with Crippen LogP contribution in [0.2, 0.25) is 5.02 Å². The number of anilines is 1. The second kappa shape index (κ2) is 5.38. The molecule has 1 unspecified atom stereocenters. The summed E-state index contributed by atoms with van der Waals surface area (Å²) in [6.45, 7) is 0. The lowest BCUT2D eigenvalue weighted by Gasteiger charge is -2.24. The molecule has 3 nitrogen and oxygen atoms in total. The van der Waals surface area contributed by atoms with E-state index in [1.54, 1.807) is 40.9 Å². The van der Waals surface area contributed by atoms with E-state index >= 15 is 0 Å². The second-order valence-electron chi connectivity index (χ2n) is 4.50. The molecule has 0 bridgehead atoms. The third kappa shape index (κ3) is 2.49. The molecule has 1 aliphatic heterocycles. The Bertz CT molecular complexity index is 627. The van der Waals surface area contributed by atoms with E-state index in [1.807, 2.05) is 24.3 Å². The van der Waals surface area contributed by atoms with Gasteiger partial charge in [-0.05, 0) is 42.0 Å². The van der Waals surface area contributed by atoms with Gasteiger partial charge >= 0.3 is 0 Å². The number of aromatic hydroxyl groups is 1. The van der Waals surface area contributed by atoms with Crippen LogP contribution < -0.4 is 4.90 Å². The molecule has 0 saturated carbocycles. The SMILES string of the molecule is O=C1CSC(c2ccc(Cl)cc2)N1c1ccc(O)cc1. The summed E-state index contributed by atoms with van der Waals surface area (Å²) in [6, 6.07) is 14.2. The number of hydrogen-bond acceptors (Lipinski definition) is 3. The molecule has 102 valence electrons. The molecule has 2 aromatic carbocycles. The van der Waals surface area contributed by atoms with Gasteiger partial charge in [-0.1, -0.05) is 23.7 Å². The summed E-state index contributed by atoms with van der Waals surface area (Å²) in [5.41, 5.74) is 1.83. The molecule has 20 heavy (non-hydrogen) atoms. The number of phenols is 1. The summed E-state index contributed by atoms with van der Waals surface area (Å²) < 4.78 is 0. The van der Waals surface area contributed by atoms with Crippen LogP contribution in [0.5, 0.6) is 5.75 Å². The highest BCUT2D eigenvalue weighted by Crippen LogP contribution is 2.42. The summed E-state index contributed by atoms with van der Waals surface area (Å²) in [7, 11) is 0. The molecule has 0 spiro atoms. The Morgan fingerprint density at radius 1 is 1.10 bits per heavy atom. The predicted octanol–water partition coefficient (Wildman–Crippen LogP) is 3.82. The number of carbonyl (C=O) groups is 1. The van der Waals surface area contributed by atoms with Crippen LogP contribution in [-0.4, -0.2) is 16.8 Å². The molecule has 1 aliphatic rings. The van der Waals surface area contributed by atoms with Crippen molar-refractivity contribution >= 4 is 35.0 Å². The molecule has 1 amide bonds. The molecule has 1 heterocycles. The maximum atomic E-state index is 12.1. The standard InChI is InChI=1S/C15H12ClNO2S/c16-11-3-1-10(2-4-11)15-17(14(19)9-20-15)12-5-7-13(18)8-6-12/h1-8,15,18H,9H2. The fraction of sp³-hybridized carbons (Fsp3) is 0.133. The minimum absolute atomic E-state index is 0.0516. The van der Waals surface area contributed by atoms with Crippen LogP contribution in [0.1, 0.15) is 10.9 Å². The van der Waals surface area contributed by atoms with Gasteiger partial charge in [-0.15, -0.1) is 11.8 Å². The summed E-state index contributed by atoms with van der Waals surface area (Å²) >= 11 is 7.49. The zero-order valence-corrected chi connectivity index (χ0v) is 12.1. The maximum absolute atomic E-state index is 12.1. The summed E-state index contributed by atoms with van der Waals surface area (Å²) in [5, 5.41) is 9.98. The van der Waals surface area contributed by atoms with Gasteiger partial charge in [0.2, 0.25) is 5.91 Å². The van der Waals surface area contributed by atoms with Gasteiger partial charge in [0.15, 0.2) is 0 Å². The van der Waals surface area contributed by atoms with E-state index in [9.17, 15) is 9.90 Å². The van der Waals surface area contributed by atoms with Gasteiger partial charge in [0.25, 0.3) is 0 Å². The summed E-state index contributed by atoms with van der Waals surface area (Å²) in [5.74, 6) is 0.713. The van der Waals surface area contributed by atoms with Crippen LogP contribution in [0.15, 0.2) is 48.5 Å². The molecule has 1 atom stereocenters. The molecule has 0 aliphatic carbocycles. The minimum Gasteiger partial charge on any atom is -0.508 e. The molecule has 1 N–H and O–H groups in total. The first kappa shape index (κ1) is 13.3. The van der Waals surface area contributed by atoms with E-state index in [2.05, 4.69) is 0 Å². The number of hydrogen-bond donors (Lipinski definition) is 1. The fourth-order valence-electron chi connectivity index (χ4n) is 2.19. The topological polar surface area (TPSA) is 40.5 Å². The highest BCUT2D eigenvalue weighted by molar-refractivity contribution is 8.00. The Kier molecular flexibility index (Phi) is 3.59. The highest BCUT2D eigenvalue weighted by Gasteiger charge is 2.33. The molecular formula is C15H12ClNO2S. The number of carbonyl (C=O) groups excluding carboxylic acids is 1. The van der Waals surface area contributed by atoms with Crippen molar-refractivity contribution in [3.05, 3.63) is 59.1 Å². The third-order valence-corrected chi connectivity index (χ3v) is 4.62. The molecule has 1 saturated heterocycles. The number of thioether (sulfide) groups is 1. The van der Waals surface area contributed by atoms with E-state index in [0.717, 1.165) is 11.3 Å². The number of benzene rings is 2. The van der Waals surface area contributed by atoms with E-state index in [4.69, 9.17) is 11.6 Å². The number of phenolic OH excluding ortho intramolecular Hbond substituents is 1. The average molecular weight is 306 g/mol. The smallest absolute Gasteiger partial charge is 0.238 e. The Labute approximate surface area is 126 Å². The van der Waals surface area contributed by atoms with Gasteiger partial charge in [0.05, 0.1) is 5.75 Å². The number of halogens is 1. The average Bonchev–Trinajstić information content (AvgIpc) is 2.83. The molecular weight excluding hydrogens is 294 g/mol. The first-order valence-electron chi connectivity index (χ1n) is 6.13. The van der Waals surface area contributed by atoms with Crippen LogP contribution in [0.25, 0.3) is 0 Å². The molecule has 3 rings (SSSR count). The van der Waals surface area contributed by atoms with Crippen molar-refractivity contribution in [2.45, 2.75) is 5.37 Å². The molecule has 0 aromatic heterocycles. The second-order valence-corrected chi connectivity index (χ2v) is 6.00. The van der Waals surface area contributed by atoms with Crippen molar-refractivity contribution in [2.75, 3.05) is 10.7 Å². The van der Waals surface area contributed by atoms with E-state index in [0.29, 0.717) is 10.8 Å². The van der Waals surface area contributed by atoms with Gasteiger partial charge in [0, 0.05) is 10.7 Å². The van der Waals surface area contributed by atoms with Crippen molar-refractivity contribution in [3.8, 4) is 5.75 Å². The normalized spacial score (nSPS) is 18.6. The molecule has 2 aromatic rings. The van der Waals surface area contributed by atoms with Crippen molar-refractivity contribution in [1.29, 1.82) is 0 Å². The lowest BCUT2D eigenvalue weighted by Crippen LogP contribution is -2.27. The van der Waals surface area contributed by atoms with E-state index < -0.39 is 0 Å². The van der Waals surface area contributed by atoms with Crippen LogP contribution in [-0.2, 0) is 4.79 Å². The third-order valence-electron chi connectivity index (χ3n) is 3.15. The summed E-state index contributed by atoms with van der Waals surface area (Å²) in [6.07, 6.45) is 0. The quantitative estimate of drug-likeness (QED) is 0.917. The monoisotopic (exact) mass is 305 g/mol. The maximum Gasteiger partial charge on any atom is 0.238 e. The van der Waals surface area contributed by atoms with Crippen LogP contribution in [0, 0.1) is 0 Å². The van der Waals surface area contributed by atoms with Gasteiger partial charge in [-0.3, -0.25) is 9.69 Å². The molecule has 5 heteroatoms. The van der Waals surface area contributed by atoms with Crippen molar-refractivity contribution in [3.63, 3.8) is 0 Å². The zero-order chi connectivity index (χ0) is 14.1. The lowest BCUT2D eigenvalue weighted by atomic mass is 10.2. The van der Waals surface area contributed by atoms with Crippen LogP contribution in [0.4, 0.5) is 5.69 Å². The Morgan fingerprint density at radius 2 is 1.75 bits per heavy atom. The predicted molar refractivity (Wildman–Crippen MR) is 82.2 cm³/mol. The Morgan fingerprint density at radius 3 is 2.40 bits per heavy atom. The fourth-order valence-corrected chi connectivity index (χ4v) is 3.49. The van der Waals surface area contributed by atoms with Gasteiger partial charge in [-0.25, -0.2) is 0 Å². The first-order chi connectivity index (χ1) is 9.65. The number of nitrogens with zero attached hydrogens (tertiary/aromatic N) is 1. The zero-order valence-electron chi connectivity index (χ0n) is 10.5. The van der Waals surface area contributed by atoms with E-state index in [-0.39, 0.29) is 17.0 Å². The van der Waals surface area contributed by atoms with E-state index in [1.165, 1.54) is 0 Å². The van der Waals surface area contributed by atoms with Gasteiger partial charge in [0.1, 0.15) is 11.1 Å².